The Morgan fingerprint density at radius 2 is 1.55 bits per heavy atom. The van der Waals surface area contributed by atoms with Gasteiger partial charge >= 0.3 is 6.18 Å². The molecule has 6 nitrogen and oxygen atoms in total. The lowest BCUT2D eigenvalue weighted by atomic mass is 10.0. The minimum Gasteiger partial charge on any atom is -0.367 e. The summed E-state index contributed by atoms with van der Waals surface area (Å²) in [7, 11) is -3.64. The maximum absolute atomic E-state index is 12.9. The molecule has 10 heteroatoms. The molecule has 0 unspecified atom stereocenters. The van der Waals surface area contributed by atoms with E-state index in [4.69, 9.17) is 0 Å². The van der Waals surface area contributed by atoms with Crippen LogP contribution in [0.2, 0.25) is 0 Å². The zero-order valence-corrected chi connectivity index (χ0v) is 19.3. The average molecular weight is 485 g/mol. The van der Waals surface area contributed by atoms with Gasteiger partial charge in [0.1, 0.15) is 6.61 Å². The van der Waals surface area contributed by atoms with Gasteiger partial charge in [-0.2, -0.15) is 17.5 Å². The van der Waals surface area contributed by atoms with Crippen molar-refractivity contribution in [1.82, 2.24) is 9.21 Å². The molecule has 0 bridgehead atoms. The highest BCUT2D eigenvalue weighted by Crippen LogP contribution is 2.22. The van der Waals surface area contributed by atoms with E-state index in [0.717, 1.165) is 5.56 Å². The SMILES string of the molecule is CC(C)c1ccc(S(=O)(=O)N2CCN(C(=O)c3ccc(COCC(F)(F)F)cc3)CC2)cc1. The summed E-state index contributed by atoms with van der Waals surface area (Å²) in [4.78, 5) is 14.6. The molecule has 0 spiro atoms. The van der Waals surface area contributed by atoms with Crippen molar-refractivity contribution in [1.29, 1.82) is 0 Å². The van der Waals surface area contributed by atoms with Gasteiger partial charge in [-0.1, -0.05) is 38.1 Å². The third-order valence-electron chi connectivity index (χ3n) is 5.45. The maximum Gasteiger partial charge on any atom is 0.411 e. The first kappa shape index (κ1) is 25.2. The molecule has 1 fully saturated rings. The van der Waals surface area contributed by atoms with Crippen molar-refractivity contribution in [2.75, 3.05) is 32.8 Å². The van der Waals surface area contributed by atoms with Crippen molar-refractivity contribution in [3.63, 3.8) is 0 Å². The topological polar surface area (TPSA) is 66.9 Å². The number of alkyl halides is 3. The van der Waals surface area contributed by atoms with Gasteiger partial charge in [-0.3, -0.25) is 4.79 Å². The Labute approximate surface area is 192 Å². The molecule has 2 aromatic carbocycles. The van der Waals surface area contributed by atoms with Crippen LogP contribution in [0, 0.1) is 0 Å². The normalized spacial score (nSPS) is 15.8. The highest BCUT2D eigenvalue weighted by molar-refractivity contribution is 7.89. The van der Waals surface area contributed by atoms with Gasteiger partial charge < -0.3 is 9.64 Å². The fourth-order valence-corrected chi connectivity index (χ4v) is 4.94. The van der Waals surface area contributed by atoms with Gasteiger partial charge in [-0.05, 0) is 41.3 Å². The summed E-state index contributed by atoms with van der Waals surface area (Å²) < 4.78 is 68.4. The quantitative estimate of drug-likeness (QED) is 0.595. The molecule has 1 aliphatic rings. The summed E-state index contributed by atoms with van der Waals surface area (Å²) >= 11 is 0. The second kappa shape index (κ2) is 10.2. The summed E-state index contributed by atoms with van der Waals surface area (Å²) in [6, 6.07) is 13.0. The van der Waals surface area contributed by atoms with E-state index >= 15 is 0 Å². The molecule has 1 saturated heterocycles. The molecule has 0 saturated carbocycles. The minimum absolute atomic E-state index is 0.184. The van der Waals surface area contributed by atoms with Crippen molar-refractivity contribution < 1.29 is 31.1 Å². The van der Waals surface area contributed by atoms with Crippen LogP contribution in [0.1, 0.15) is 41.3 Å². The van der Waals surface area contributed by atoms with Crippen LogP contribution in [0.15, 0.2) is 53.4 Å². The van der Waals surface area contributed by atoms with Crippen molar-refractivity contribution in [2.45, 2.75) is 37.4 Å². The lowest BCUT2D eigenvalue weighted by Gasteiger charge is -2.34. The number of piperazine rings is 1. The van der Waals surface area contributed by atoms with Crippen molar-refractivity contribution >= 4 is 15.9 Å². The maximum atomic E-state index is 12.9. The predicted molar refractivity (Wildman–Crippen MR) is 117 cm³/mol. The molecule has 33 heavy (non-hydrogen) atoms. The molecule has 1 amide bonds. The van der Waals surface area contributed by atoms with Crippen LogP contribution in [0.3, 0.4) is 0 Å². The number of ether oxygens (including phenoxy) is 1. The number of hydrogen-bond acceptors (Lipinski definition) is 4. The molecule has 1 aliphatic heterocycles. The monoisotopic (exact) mass is 484 g/mol. The molecule has 0 aliphatic carbocycles. The molecule has 0 aromatic heterocycles. The molecule has 3 rings (SSSR count). The zero-order chi connectivity index (χ0) is 24.2. The van der Waals surface area contributed by atoms with Gasteiger partial charge in [0.15, 0.2) is 0 Å². The van der Waals surface area contributed by atoms with Crippen LogP contribution in [0.5, 0.6) is 0 Å². The molecule has 0 radical (unpaired) electrons. The van der Waals surface area contributed by atoms with E-state index in [0.29, 0.717) is 17.0 Å². The Morgan fingerprint density at radius 1 is 0.970 bits per heavy atom. The Kier molecular flexibility index (Phi) is 7.81. The fourth-order valence-electron chi connectivity index (χ4n) is 3.52. The van der Waals surface area contributed by atoms with Crippen LogP contribution in [0.25, 0.3) is 0 Å². The Bertz CT molecular complexity index is 1040. The van der Waals surface area contributed by atoms with Crippen molar-refractivity contribution in [2.24, 2.45) is 0 Å². The second-order valence-electron chi connectivity index (χ2n) is 8.22. The third-order valence-corrected chi connectivity index (χ3v) is 7.36. The average Bonchev–Trinajstić information content (AvgIpc) is 2.78. The van der Waals surface area contributed by atoms with Gasteiger partial charge in [-0.15, -0.1) is 0 Å². The van der Waals surface area contributed by atoms with Crippen LogP contribution >= 0.6 is 0 Å². The van der Waals surface area contributed by atoms with Crippen LogP contribution in [-0.2, 0) is 21.4 Å². The Morgan fingerprint density at radius 3 is 2.06 bits per heavy atom. The number of benzene rings is 2. The van der Waals surface area contributed by atoms with Crippen molar-refractivity contribution in [3.8, 4) is 0 Å². The number of halogens is 3. The van der Waals surface area contributed by atoms with E-state index in [1.807, 2.05) is 26.0 Å². The van der Waals surface area contributed by atoms with Gasteiger partial charge in [0.2, 0.25) is 10.0 Å². The number of amides is 1. The first-order chi connectivity index (χ1) is 15.5. The van der Waals surface area contributed by atoms with E-state index in [-0.39, 0.29) is 43.6 Å². The zero-order valence-electron chi connectivity index (χ0n) is 18.5. The van der Waals surface area contributed by atoms with E-state index in [9.17, 15) is 26.4 Å². The molecule has 1 heterocycles. The van der Waals surface area contributed by atoms with Crippen LogP contribution in [0.4, 0.5) is 13.2 Å². The summed E-state index contributed by atoms with van der Waals surface area (Å²) in [5.41, 5.74) is 1.97. The fraction of sp³-hybridized carbons (Fsp3) is 0.435. The van der Waals surface area contributed by atoms with E-state index in [2.05, 4.69) is 4.74 Å². The number of carbonyl (C=O) groups is 1. The number of rotatable bonds is 7. The molecular formula is C23H27F3N2O4S. The number of hydrogen-bond donors (Lipinski definition) is 0. The number of nitrogens with zero attached hydrogens (tertiary/aromatic N) is 2. The summed E-state index contributed by atoms with van der Waals surface area (Å²) in [5, 5.41) is 0. The number of sulfonamides is 1. The van der Waals surface area contributed by atoms with E-state index < -0.39 is 22.8 Å². The van der Waals surface area contributed by atoms with E-state index in [1.165, 1.54) is 16.4 Å². The first-order valence-electron chi connectivity index (χ1n) is 10.6. The highest BCUT2D eigenvalue weighted by Gasteiger charge is 2.30. The smallest absolute Gasteiger partial charge is 0.367 e. The lowest BCUT2D eigenvalue weighted by molar-refractivity contribution is -0.176. The van der Waals surface area contributed by atoms with Crippen LogP contribution in [-0.4, -0.2) is 62.5 Å². The molecule has 0 atom stereocenters. The molecule has 0 N–H and O–H groups in total. The minimum atomic E-state index is -4.39. The second-order valence-corrected chi connectivity index (χ2v) is 10.2. The number of carbonyl (C=O) groups excluding carboxylic acids is 1. The van der Waals surface area contributed by atoms with Gasteiger partial charge in [0.05, 0.1) is 11.5 Å². The van der Waals surface area contributed by atoms with Gasteiger partial charge in [0, 0.05) is 31.7 Å². The standard InChI is InChI=1S/C23H27F3N2O4S/c1-17(2)19-7-9-21(10-8-19)33(30,31)28-13-11-27(12-14-28)22(29)20-5-3-18(4-6-20)15-32-16-23(24,25)26/h3-10,17H,11-16H2,1-2H3. The molecule has 2 aromatic rings. The predicted octanol–water partition coefficient (Wildman–Crippen LogP) is 4.04. The largest absolute Gasteiger partial charge is 0.411 e. The summed E-state index contributed by atoms with van der Waals surface area (Å²) in [6.07, 6.45) is -4.39. The van der Waals surface area contributed by atoms with Crippen LogP contribution < -0.4 is 0 Å². The highest BCUT2D eigenvalue weighted by atomic mass is 32.2. The lowest BCUT2D eigenvalue weighted by Crippen LogP contribution is -2.50. The Hall–Kier alpha value is -2.43. The Balaban J connectivity index is 1.56. The summed E-state index contributed by atoms with van der Waals surface area (Å²) in [5.74, 6) is 0.0499. The van der Waals surface area contributed by atoms with Gasteiger partial charge in [0.25, 0.3) is 5.91 Å². The first-order valence-corrected chi connectivity index (χ1v) is 12.0. The third kappa shape index (κ3) is 6.55. The summed E-state index contributed by atoms with van der Waals surface area (Å²) in [6.45, 7) is 3.40. The van der Waals surface area contributed by atoms with Gasteiger partial charge in [-0.25, -0.2) is 8.42 Å². The molecular weight excluding hydrogens is 457 g/mol. The van der Waals surface area contributed by atoms with Crippen molar-refractivity contribution in [3.05, 3.63) is 65.2 Å². The van der Waals surface area contributed by atoms with E-state index in [1.54, 1.807) is 29.2 Å². The molecule has 180 valence electrons.